The number of anilines is 1. The molecule has 0 aromatic heterocycles. The van der Waals surface area contributed by atoms with Gasteiger partial charge in [-0.3, -0.25) is 0 Å². The highest BCUT2D eigenvalue weighted by Crippen LogP contribution is 2.23. The number of aliphatic hydroxyl groups excluding tert-OH is 1. The van der Waals surface area contributed by atoms with Gasteiger partial charge in [-0.2, -0.15) is 5.26 Å². The van der Waals surface area contributed by atoms with E-state index in [4.69, 9.17) is 5.26 Å². The highest BCUT2D eigenvalue weighted by Gasteiger charge is 2.12. The third-order valence-electron chi connectivity index (χ3n) is 2.63. The van der Waals surface area contributed by atoms with Gasteiger partial charge in [-0.25, -0.2) is 4.39 Å². The van der Waals surface area contributed by atoms with Crippen molar-refractivity contribution < 1.29 is 9.50 Å². The second-order valence-corrected chi connectivity index (χ2v) is 4.30. The second kappa shape index (κ2) is 5.65. The molecule has 3 nitrogen and oxygen atoms in total. The van der Waals surface area contributed by atoms with E-state index in [1.54, 1.807) is 37.9 Å². The van der Waals surface area contributed by atoms with Crippen LogP contribution in [0.4, 0.5) is 10.1 Å². The van der Waals surface area contributed by atoms with Crippen molar-refractivity contribution in [2.75, 3.05) is 18.5 Å². The fourth-order valence-corrected chi connectivity index (χ4v) is 1.64. The van der Waals surface area contributed by atoms with Crippen LogP contribution in [0.25, 0.3) is 0 Å². The fraction of sp³-hybridized carbons (Fsp3) is 0.462. The zero-order valence-corrected chi connectivity index (χ0v) is 10.3. The third-order valence-corrected chi connectivity index (χ3v) is 2.63. The van der Waals surface area contributed by atoms with Crippen LogP contribution in [0.15, 0.2) is 18.2 Å². The number of nitrogens with zero attached hydrogens (tertiary/aromatic N) is 2. The Kier molecular flexibility index (Phi) is 4.47. The summed E-state index contributed by atoms with van der Waals surface area (Å²) in [5, 5.41) is 18.1. The first-order chi connectivity index (χ1) is 7.95. The molecule has 92 valence electrons. The topological polar surface area (TPSA) is 47.3 Å². The second-order valence-electron chi connectivity index (χ2n) is 4.30. The van der Waals surface area contributed by atoms with E-state index in [1.165, 1.54) is 6.07 Å². The predicted octanol–water partition coefficient (Wildman–Crippen LogP) is 2.47. The Morgan fingerprint density at radius 1 is 1.47 bits per heavy atom. The summed E-state index contributed by atoms with van der Waals surface area (Å²) in [7, 11) is 1.74. The van der Waals surface area contributed by atoms with Crippen LogP contribution in [0, 0.1) is 23.1 Å². The molecule has 0 heterocycles. The number of benzene rings is 1. The van der Waals surface area contributed by atoms with Crippen LogP contribution in [-0.4, -0.2) is 18.7 Å². The summed E-state index contributed by atoms with van der Waals surface area (Å²) in [5.74, 6) is -0.535. The van der Waals surface area contributed by atoms with Gasteiger partial charge in [-0.15, -0.1) is 0 Å². The van der Waals surface area contributed by atoms with Crippen LogP contribution in [0.1, 0.15) is 25.5 Å². The molecule has 1 N–H and O–H groups in total. The largest absolute Gasteiger partial charge is 0.389 e. The molecule has 0 fully saturated rings. The van der Waals surface area contributed by atoms with Crippen LogP contribution in [0.5, 0.6) is 0 Å². The average molecular weight is 236 g/mol. The first-order valence-electron chi connectivity index (χ1n) is 5.54. The number of rotatable bonds is 4. The number of nitriles is 1. The summed E-state index contributed by atoms with van der Waals surface area (Å²) in [6.07, 6.45) is -0.679. The zero-order chi connectivity index (χ0) is 13.0. The van der Waals surface area contributed by atoms with Crippen molar-refractivity contribution >= 4 is 5.69 Å². The van der Waals surface area contributed by atoms with E-state index in [0.29, 0.717) is 17.8 Å². The average Bonchev–Trinajstić information content (AvgIpc) is 2.28. The summed E-state index contributed by atoms with van der Waals surface area (Å²) in [5.41, 5.74) is 0.990. The van der Waals surface area contributed by atoms with Crippen LogP contribution >= 0.6 is 0 Å². The minimum absolute atomic E-state index is 0.157. The van der Waals surface area contributed by atoms with Crippen LogP contribution in [-0.2, 0) is 0 Å². The molecular weight excluding hydrogens is 219 g/mol. The molecule has 0 saturated carbocycles. The van der Waals surface area contributed by atoms with Gasteiger partial charge in [0.05, 0.1) is 23.8 Å². The van der Waals surface area contributed by atoms with Crippen molar-refractivity contribution in [1.29, 1.82) is 5.26 Å². The van der Waals surface area contributed by atoms with Gasteiger partial charge >= 0.3 is 0 Å². The van der Waals surface area contributed by atoms with Gasteiger partial charge in [0.1, 0.15) is 5.82 Å². The Balaban J connectivity index is 2.89. The Morgan fingerprint density at radius 2 is 2.12 bits per heavy atom. The SMILES string of the molecule is CC(C#N)CN(C)c1ccc(C(C)O)cc1F. The van der Waals surface area contributed by atoms with Crippen molar-refractivity contribution in [3.05, 3.63) is 29.6 Å². The summed E-state index contributed by atoms with van der Waals surface area (Å²) in [4.78, 5) is 1.70. The van der Waals surface area contributed by atoms with E-state index in [1.807, 2.05) is 0 Å². The lowest BCUT2D eigenvalue weighted by Gasteiger charge is -2.21. The Bertz CT molecular complexity index is 426. The lowest BCUT2D eigenvalue weighted by Crippen LogP contribution is -2.24. The van der Waals surface area contributed by atoms with Gasteiger partial charge in [0.15, 0.2) is 0 Å². The number of aliphatic hydroxyl groups is 1. The summed E-state index contributed by atoms with van der Waals surface area (Å²) in [6, 6.07) is 6.76. The van der Waals surface area contributed by atoms with Gasteiger partial charge in [0.2, 0.25) is 0 Å². The van der Waals surface area contributed by atoms with Crippen molar-refractivity contribution in [3.8, 4) is 6.07 Å². The molecule has 1 aromatic carbocycles. The first-order valence-corrected chi connectivity index (χ1v) is 5.54. The quantitative estimate of drug-likeness (QED) is 0.873. The minimum Gasteiger partial charge on any atom is -0.389 e. The summed E-state index contributed by atoms with van der Waals surface area (Å²) in [6.45, 7) is 3.86. The van der Waals surface area contributed by atoms with Gasteiger partial charge < -0.3 is 10.0 Å². The molecule has 1 rings (SSSR count). The Morgan fingerprint density at radius 3 is 2.59 bits per heavy atom. The molecule has 0 bridgehead atoms. The normalized spacial score (nSPS) is 13.9. The number of hydrogen-bond acceptors (Lipinski definition) is 3. The minimum atomic E-state index is -0.679. The molecule has 0 aliphatic carbocycles. The van der Waals surface area contributed by atoms with E-state index < -0.39 is 6.10 Å². The van der Waals surface area contributed by atoms with Crippen LogP contribution < -0.4 is 4.90 Å². The van der Waals surface area contributed by atoms with Gasteiger partial charge in [0, 0.05) is 13.6 Å². The maximum atomic E-state index is 13.8. The Hall–Kier alpha value is -1.60. The first kappa shape index (κ1) is 13.5. The molecule has 0 aliphatic heterocycles. The van der Waals surface area contributed by atoms with Crippen molar-refractivity contribution in [3.63, 3.8) is 0 Å². The predicted molar refractivity (Wildman–Crippen MR) is 65.1 cm³/mol. The van der Waals surface area contributed by atoms with Crippen LogP contribution in [0.2, 0.25) is 0 Å². The summed E-state index contributed by atoms with van der Waals surface area (Å²) < 4.78 is 13.8. The lowest BCUT2D eigenvalue weighted by molar-refractivity contribution is 0.199. The molecule has 4 heteroatoms. The van der Waals surface area contributed by atoms with Gasteiger partial charge in [-0.05, 0) is 31.5 Å². The van der Waals surface area contributed by atoms with Gasteiger partial charge in [0.25, 0.3) is 0 Å². The standard InChI is InChI=1S/C13H17FN2O/c1-9(7-15)8-16(3)13-5-4-11(10(2)17)6-12(13)14/h4-6,9-10,17H,8H2,1-3H3. The number of halogens is 1. The Labute approximate surface area is 101 Å². The molecule has 2 unspecified atom stereocenters. The molecule has 0 spiro atoms. The molecule has 2 atom stereocenters. The van der Waals surface area contributed by atoms with Gasteiger partial charge in [-0.1, -0.05) is 6.07 Å². The third kappa shape index (κ3) is 3.43. The summed E-state index contributed by atoms with van der Waals surface area (Å²) >= 11 is 0. The molecule has 17 heavy (non-hydrogen) atoms. The van der Waals surface area contributed by atoms with Crippen molar-refractivity contribution in [1.82, 2.24) is 0 Å². The smallest absolute Gasteiger partial charge is 0.146 e. The molecule has 0 amide bonds. The van der Waals surface area contributed by atoms with E-state index in [-0.39, 0.29) is 11.7 Å². The molecular formula is C13H17FN2O. The van der Waals surface area contributed by atoms with Crippen LogP contribution in [0.3, 0.4) is 0 Å². The zero-order valence-electron chi connectivity index (χ0n) is 10.3. The molecule has 0 radical (unpaired) electrons. The highest BCUT2D eigenvalue weighted by molar-refractivity contribution is 5.49. The monoisotopic (exact) mass is 236 g/mol. The molecule has 0 aliphatic rings. The molecule has 1 aromatic rings. The highest BCUT2D eigenvalue weighted by atomic mass is 19.1. The number of hydrogen-bond donors (Lipinski definition) is 1. The van der Waals surface area contributed by atoms with Crippen molar-refractivity contribution in [2.45, 2.75) is 20.0 Å². The fourth-order valence-electron chi connectivity index (χ4n) is 1.64. The van der Waals surface area contributed by atoms with Crippen molar-refractivity contribution in [2.24, 2.45) is 5.92 Å². The van der Waals surface area contributed by atoms with E-state index in [2.05, 4.69) is 6.07 Å². The van der Waals surface area contributed by atoms with E-state index in [0.717, 1.165) is 0 Å². The maximum Gasteiger partial charge on any atom is 0.146 e. The molecule has 0 saturated heterocycles. The van der Waals surface area contributed by atoms with E-state index in [9.17, 15) is 9.50 Å². The lowest BCUT2D eigenvalue weighted by atomic mass is 10.1. The maximum absolute atomic E-state index is 13.8. The van der Waals surface area contributed by atoms with E-state index >= 15 is 0 Å².